The van der Waals surface area contributed by atoms with Crippen LogP contribution < -0.4 is 10.6 Å². The molecule has 0 atom stereocenters. The summed E-state index contributed by atoms with van der Waals surface area (Å²) >= 11 is 0. The summed E-state index contributed by atoms with van der Waals surface area (Å²) in [6, 6.07) is 15.0. The quantitative estimate of drug-likeness (QED) is 0.630. The van der Waals surface area contributed by atoms with Gasteiger partial charge in [-0.15, -0.1) is 6.42 Å². The van der Waals surface area contributed by atoms with Gasteiger partial charge in [-0.25, -0.2) is 0 Å². The monoisotopic (exact) mass is 360 g/mol. The minimum absolute atomic E-state index is 0.0900. The maximum atomic E-state index is 11.9. The SMILES string of the molecule is C#Cc1cccc(NC(=O)CNC(=O)/C=C/c2ccc(C(C)(C)C)cc2)c1. The molecule has 0 bridgehead atoms. The van der Waals surface area contributed by atoms with E-state index in [2.05, 4.69) is 49.5 Å². The average Bonchev–Trinajstić information content (AvgIpc) is 2.64. The largest absolute Gasteiger partial charge is 0.343 e. The molecular formula is C23H24N2O2. The van der Waals surface area contributed by atoms with Crippen LogP contribution in [-0.4, -0.2) is 18.4 Å². The van der Waals surface area contributed by atoms with Gasteiger partial charge in [0.25, 0.3) is 0 Å². The fraction of sp³-hybridized carbons (Fsp3) is 0.217. The van der Waals surface area contributed by atoms with Gasteiger partial charge in [0.05, 0.1) is 6.54 Å². The molecule has 0 unspecified atom stereocenters. The predicted octanol–water partition coefficient (Wildman–Crippen LogP) is 3.73. The molecule has 0 radical (unpaired) electrons. The molecule has 0 saturated carbocycles. The van der Waals surface area contributed by atoms with Crippen molar-refractivity contribution in [2.45, 2.75) is 26.2 Å². The van der Waals surface area contributed by atoms with E-state index in [0.29, 0.717) is 11.3 Å². The first kappa shape index (κ1) is 20.0. The lowest BCUT2D eigenvalue weighted by Crippen LogP contribution is -2.31. The van der Waals surface area contributed by atoms with Crippen molar-refractivity contribution < 1.29 is 9.59 Å². The summed E-state index contributed by atoms with van der Waals surface area (Å²) in [5.74, 6) is 1.85. The highest BCUT2D eigenvalue weighted by atomic mass is 16.2. The number of hydrogen-bond donors (Lipinski definition) is 2. The van der Waals surface area contributed by atoms with Gasteiger partial charge in [-0.05, 0) is 40.8 Å². The van der Waals surface area contributed by atoms with Gasteiger partial charge in [0.15, 0.2) is 0 Å². The highest BCUT2D eigenvalue weighted by molar-refractivity contribution is 5.98. The highest BCUT2D eigenvalue weighted by Gasteiger charge is 2.12. The van der Waals surface area contributed by atoms with E-state index in [1.807, 2.05) is 12.1 Å². The zero-order chi connectivity index (χ0) is 19.9. The molecule has 0 aliphatic rings. The van der Waals surface area contributed by atoms with Crippen LogP contribution >= 0.6 is 0 Å². The van der Waals surface area contributed by atoms with Gasteiger partial charge in [0, 0.05) is 17.3 Å². The standard InChI is InChI=1S/C23H24N2O2/c1-5-17-7-6-8-20(15-17)25-22(27)16-24-21(26)14-11-18-9-12-19(13-10-18)23(2,3)4/h1,6-15H,16H2,2-4H3,(H,24,26)(H,25,27)/b14-11+. The molecule has 0 aliphatic heterocycles. The second-order valence-electron chi connectivity index (χ2n) is 7.20. The number of carbonyl (C=O) groups excluding carboxylic acids is 2. The van der Waals surface area contributed by atoms with Crippen LogP contribution in [0.5, 0.6) is 0 Å². The molecular weight excluding hydrogens is 336 g/mol. The molecule has 2 aromatic carbocycles. The third-order valence-corrected chi connectivity index (χ3v) is 3.94. The Bertz CT molecular complexity index is 882. The number of hydrogen-bond acceptors (Lipinski definition) is 2. The van der Waals surface area contributed by atoms with Gasteiger partial charge in [-0.1, -0.05) is 57.0 Å². The van der Waals surface area contributed by atoms with Crippen molar-refractivity contribution >= 4 is 23.6 Å². The van der Waals surface area contributed by atoms with Crippen LogP contribution in [0.1, 0.15) is 37.5 Å². The summed E-state index contributed by atoms with van der Waals surface area (Å²) < 4.78 is 0. The van der Waals surface area contributed by atoms with Crippen molar-refractivity contribution in [2.24, 2.45) is 0 Å². The van der Waals surface area contributed by atoms with E-state index in [9.17, 15) is 9.59 Å². The summed E-state index contributed by atoms with van der Waals surface area (Å²) in [6.07, 6.45) is 8.46. The number of terminal acetylenes is 1. The van der Waals surface area contributed by atoms with E-state index in [-0.39, 0.29) is 23.8 Å². The van der Waals surface area contributed by atoms with E-state index >= 15 is 0 Å². The molecule has 2 N–H and O–H groups in total. The van der Waals surface area contributed by atoms with Crippen molar-refractivity contribution in [3.05, 3.63) is 71.3 Å². The smallest absolute Gasteiger partial charge is 0.244 e. The fourth-order valence-electron chi connectivity index (χ4n) is 2.38. The predicted molar refractivity (Wildman–Crippen MR) is 110 cm³/mol. The molecule has 0 heterocycles. The second kappa shape index (κ2) is 8.86. The molecule has 0 saturated heterocycles. The molecule has 2 aromatic rings. The van der Waals surface area contributed by atoms with Gasteiger partial charge in [-0.3, -0.25) is 9.59 Å². The minimum Gasteiger partial charge on any atom is -0.343 e. The fourth-order valence-corrected chi connectivity index (χ4v) is 2.38. The van der Waals surface area contributed by atoms with Gasteiger partial charge < -0.3 is 10.6 Å². The molecule has 4 heteroatoms. The average molecular weight is 360 g/mol. The summed E-state index contributed by atoms with van der Waals surface area (Å²) in [6.45, 7) is 6.34. The first-order chi connectivity index (χ1) is 12.8. The maximum Gasteiger partial charge on any atom is 0.244 e. The Balaban J connectivity index is 1.84. The first-order valence-corrected chi connectivity index (χ1v) is 8.71. The lowest BCUT2D eigenvalue weighted by Gasteiger charge is -2.18. The van der Waals surface area contributed by atoms with Gasteiger partial charge in [0.1, 0.15) is 0 Å². The number of anilines is 1. The van der Waals surface area contributed by atoms with Crippen molar-refractivity contribution in [3.8, 4) is 12.3 Å². The summed E-state index contributed by atoms with van der Waals surface area (Å²) in [7, 11) is 0. The number of benzene rings is 2. The van der Waals surface area contributed by atoms with E-state index < -0.39 is 0 Å². The van der Waals surface area contributed by atoms with Crippen molar-refractivity contribution in [1.82, 2.24) is 5.32 Å². The Labute approximate surface area is 160 Å². The molecule has 2 amide bonds. The van der Waals surface area contributed by atoms with Gasteiger partial charge >= 0.3 is 0 Å². The van der Waals surface area contributed by atoms with Crippen LogP contribution in [0.3, 0.4) is 0 Å². The molecule has 0 spiro atoms. The highest BCUT2D eigenvalue weighted by Crippen LogP contribution is 2.22. The molecule has 0 aromatic heterocycles. The number of amides is 2. The third-order valence-electron chi connectivity index (χ3n) is 3.94. The molecule has 4 nitrogen and oxygen atoms in total. The van der Waals surface area contributed by atoms with Crippen LogP contribution in [0, 0.1) is 12.3 Å². The molecule has 138 valence electrons. The maximum absolute atomic E-state index is 11.9. The zero-order valence-corrected chi connectivity index (χ0v) is 15.9. The topological polar surface area (TPSA) is 58.2 Å². The van der Waals surface area contributed by atoms with Crippen molar-refractivity contribution in [3.63, 3.8) is 0 Å². The van der Waals surface area contributed by atoms with Crippen LogP contribution in [0.2, 0.25) is 0 Å². The van der Waals surface area contributed by atoms with E-state index in [1.54, 1.807) is 30.3 Å². The third kappa shape index (κ3) is 6.48. The Hall–Kier alpha value is -3.32. The second-order valence-corrected chi connectivity index (χ2v) is 7.20. The van der Waals surface area contributed by atoms with Gasteiger partial charge in [-0.2, -0.15) is 0 Å². The van der Waals surface area contributed by atoms with Crippen LogP contribution in [0.15, 0.2) is 54.6 Å². The van der Waals surface area contributed by atoms with Crippen LogP contribution in [0.25, 0.3) is 6.08 Å². The number of carbonyl (C=O) groups is 2. The Morgan fingerprint density at radius 2 is 1.81 bits per heavy atom. The summed E-state index contributed by atoms with van der Waals surface area (Å²) in [5, 5.41) is 5.25. The van der Waals surface area contributed by atoms with Gasteiger partial charge in [0.2, 0.25) is 11.8 Å². The van der Waals surface area contributed by atoms with E-state index in [0.717, 1.165) is 5.56 Å². The molecule has 0 aliphatic carbocycles. The Morgan fingerprint density at radius 1 is 1.11 bits per heavy atom. The summed E-state index contributed by atoms with van der Waals surface area (Å²) in [4.78, 5) is 23.8. The zero-order valence-electron chi connectivity index (χ0n) is 15.9. The van der Waals surface area contributed by atoms with E-state index in [4.69, 9.17) is 6.42 Å². The number of nitrogens with one attached hydrogen (secondary N) is 2. The molecule has 0 fully saturated rings. The molecule has 2 rings (SSSR count). The van der Waals surface area contributed by atoms with E-state index in [1.165, 1.54) is 11.6 Å². The van der Waals surface area contributed by atoms with Crippen LogP contribution in [-0.2, 0) is 15.0 Å². The normalized spacial score (nSPS) is 11.0. The Kier molecular flexibility index (Phi) is 6.56. The van der Waals surface area contributed by atoms with Crippen molar-refractivity contribution in [1.29, 1.82) is 0 Å². The van der Waals surface area contributed by atoms with Crippen molar-refractivity contribution in [2.75, 3.05) is 11.9 Å². The summed E-state index contributed by atoms with van der Waals surface area (Å²) in [5.41, 5.74) is 3.52. The lowest BCUT2D eigenvalue weighted by atomic mass is 9.87. The minimum atomic E-state index is -0.331. The Morgan fingerprint density at radius 3 is 2.44 bits per heavy atom. The molecule has 27 heavy (non-hydrogen) atoms. The lowest BCUT2D eigenvalue weighted by molar-refractivity contribution is -0.121. The number of rotatable bonds is 5. The van der Waals surface area contributed by atoms with Crippen LogP contribution in [0.4, 0.5) is 5.69 Å². The first-order valence-electron chi connectivity index (χ1n) is 8.71.